The maximum atomic E-state index is 14.3. The van der Waals surface area contributed by atoms with Crippen LogP contribution in [-0.2, 0) is 10.3 Å². The molecular formula is C23H35F3N2O3. The van der Waals surface area contributed by atoms with Crippen molar-refractivity contribution in [3.8, 4) is 5.75 Å². The number of rotatable bonds is 9. The number of benzene rings is 1. The third-order valence-corrected chi connectivity index (χ3v) is 6.08. The van der Waals surface area contributed by atoms with E-state index in [1.165, 1.54) is 19.2 Å². The lowest BCUT2D eigenvalue weighted by atomic mass is 9.71. The number of methoxy groups -OCH3 is 1. The predicted molar refractivity (Wildman–Crippen MR) is 116 cm³/mol. The normalized spacial score (nSPS) is 21.8. The van der Waals surface area contributed by atoms with E-state index in [1.807, 2.05) is 25.8 Å². The van der Waals surface area contributed by atoms with E-state index in [-0.39, 0.29) is 30.3 Å². The lowest BCUT2D eigenvalue weighted by Gasteiger charge is -2.42. The van der Waals surface area contributed by atoms with Gasteiger partial charge in [-0.25, -0.2) is 4.99 Å². The molecule has 1 unspecified atom stereocenters. The van der Waals surface area contributed by atoms with Crippen LogP contribution >= 0.6 is 0 Å². The molecule has 8 heteroatoms. The van der Waals surface area contributed by atoms with Crippen molar-refractivity contribution in [2.24, 2.45) is 10.9 Å². The van der Waals surface area contributed by atoms with E-state index in [2.05, 4.69) is 4.99 Å². The number of halogens is 3. The van der Waals surface area contributed by atoms with Crippen LogP contribution in [0.2, 0.25) is 0 Å². The Kier molecular flexibility index (Phi) is 8.77. The zero-order valence-corrected chi connectivity index (χ0v) is 19.1. The molecule has 0 amide bonds. The van der Waals surface area contributed by atoms with Gasteiger partial charge in [-0.2, -0.15) is 13.2 Å². The number of aliphatic imine (C=N–C) groups is 1. The van der Waals surface area contributed by atoms with E-state index in [1.54, 1.807) is 13.3 Å². The van der Waals surface area contributed by atoms with Crippen molar-refractivity contribution in [3.63, 3.8) is 0 Å². The van der Waals surface area contributed by atoms with E-state index in [4.69, 9.17) is 9.47 Å². The first-order chi connectivity index (χ1) is 14.6. The van der Waals surface area contributed by atoms with Gasteiger partial charge in [0.15, 0.2) is 5.60 Å². The molecule has 31 heavy (non-hydrogen) atoms. The van der Waals surface area contributed by atoms with Crippen molar-refractivity contribution in [1.82, 2.24) is 4.90 Å². The zero-order valence-electron chi connectivity index (χ0n) is 19.1. The summed E-state index contributed by atoms with van der Waals surface area (Å²) in [7, 11) is 3.17. The summed E-state index contributed by atoms with van der Waals surface area (Å²) in [5.74, 6) is -0.982. The second-order valence-corrected chi connectivity index (χ2v) is 8.27. The number of alkyl halides is 3. The van der Waals surface area contributed by atoms with E-state index in [0.717, 1.165) is 13.0 Å². The van der Waals surface area contributed by atoms with Gasteiger partial charge in [-0.3, -0.25) is 0 Å². The van der Waals surface area contributed by atoms with Crippen LogP contribution in [0.4, 0.5) is 18.9 Å². The average Bonchev–Trinajstić information content (AvgIpc) is 2.75. The molecule has 0 aliphatic heterocycles. The van der Waals surface area contributed by atoms with Gasteiger partial charge >= 0.3 is 6.18 Å². The first-order valence-electron chi connectivity index (χ1n) is 10.9. The fraction of sp³-hybridized carbons (Fsp3) is 0.696. The molecule has 0 radical (unpaired) electrons. The molecule has 1 aromatic rings. The summed E-state index contributed by atoms with van der Waals surface area (Å²) in [5, 5.41) is 11.2. The van der Waals surface area contributed by atoms with Crippen LogP contribution in [0.15, 0.2) is 17.1 Å². The summed E-state index contributed by atoms with van der Waals surface area (Å²) in [4.78, 5) is 6.22. The van der Waals surface area contributed by atoms with Gasteiger partial charge in [-0.1, -0.05) is 6.92 Å². The molecule has 1 atom stereocenters. The molecule has 2 rings (SSSR count). The first-order valence-corrected chi connectivity index (χ1v) is 10.9. The number of hydrogen-bond acceptors (Lipinski definition) is 4. The van der Waals surface area contributed by atoms with E-state index in [0.29, 0.717) is 30.7 Å². The molecule has 1 aliphatic rings. The highest BCUT2D eigenvalue weighted by Gasteiger charge is 2.61. The molecule has 1 aromatic carbocycles. The van der Waals surface area contributed by atoms with Crippen LogP contribution in [0.1, 0.15) is 57.1 Å². The van der Waals surface area contributed by atoms with Crippen molar-refractivity contribution in [1.29, 1.82) is 0 Å². The van der Waals surface area contributed by atoms with Crippen molar-refractivity contribution < 1.29 is 27.8 Å². The number of hydrogen-bond donors (Lipinski definition) is 1. The van der Waals surface area contributed by atoms with Crippen molar-refractivity contribution in [2.45, 2.75) is 70.8 Å². The number of aryl methyl sites for hydroxylation is 1. The highest BCUT2D eigenvalue weighted by atomic mass is 19.4. The molecule has 0 heterocycles. The van der Waals surface area contributed by atoms with Gasteiger partial charge in [0.2, 0.25) is 0 Å². The number of ether oxygens (including phenoxy) is 2. The average molecular weight is 445 g/mol. The van der Waals surface area contributed by atoms with Crippen LogP contribution in [0.5, 0.6) is 5.75 Å². The summed E-state index contributed by atoms with van der Waals surface area (Å²) >= 11 is 0. The second-order valence-electron chi connectivity index (χ2n) is 8.27. The maximum absolute atomic E-state index is 14.3. The van der Waals surface area contributed by atoms with E-state index >= 15 is 0 Å². The summed E-state index contributed by atoms with van der Waals surface area (Å²) < 4.78 is 54.1. The van der Waals surface area contributed by atoms with Gasteiger partial charge in [0.1, 0.15) is 5.75 Å². The molecule has 1 aliphatic carbocycles. The molecule has 0 aromatic heterocycles. The van der Waals surface area contributed by atoms with Gasteiger partial charge in [-0.05, 0) is 57.6 Å². The zero-order chi connectivity index (χ0) is 23.2. The molecular weight excluding hydrogens is 409 g/mol. The molecule has 5 nitrogen and oxygen atoms in total. The fourth-order valence-electron chi connectivity index (χ4n) is 4.06. The Morgan fingerprint density at radius 1 is 1.19 bits per heavy atom. The smallest absolute Gasteiger partial charge is 0.421 e. The van der Waals surface area contributed by atoms with Crippen molar-refractivity contribution in [3.05, 3.63) is 23.3 Å². The molecule has 1 N–H and O–H groups in total. The summed E-state index contributed by atoms with van der Waals surface area (Å²) in [6.45, 7) is 7.00. The Labute approximate surface area is 183 Å². The first kappa shape index (κ1) is 25.5. The second kappa shape index (κ2) is 10.7. The van der Waals surface area contributed by atoms with Crippen molar-refractivity contribution >= 4 is 12.0 Å². The third-order valence-electron chi connectivity index (χ3n) is 6.08. The van der Waals surface area contributed by atoms with Gasteiger partial charge < -0.3 is 19.5 Å². The molecule has 0 bridgehead atoms. The standard InChI is InChI=1S/C23H35F3N2O3/c1-6-12-31-18-10-8-17(9-11-18)22(29,23(24,25)26)19-13-16(3)20(14-21(19)30-5)27-15-28(4)7-2/h13-15,17-18,29H,6-12H2,1-5H3/b27-15+. The lowest BCUT2D eigenvalue weighted by Crippen LogP contribution is -2.50. The summed E-state index contributed by atoms with van der Waals surface area (Å²) in [5.41, 5.74) is -2.21. The third kappa shape index (κ3) is 5.71. The maximum Gasteiger partial charge on any atom is 0.421 e. The SMILES string of the molecule is CCCOC1CCC(C(O)(c2cc(C)c(/N=C/N(C)CC)cc2OC)C(F)(F)F)CC1. The number of aliphatic hydroxyl groups is 1. The Morgan fingerprint density at radius 3 is 2.35 bits per heavy atom. The highest BCUT2D eigenvalue weighted by molar-refractivity contribution is 5.65. The minimum absolute atomic E-state index is 0.0129. The van der Waals surface area contributed by atoms with Crippen LogP contribution < -0.4 is 4.74 Å². The van der Waals surface area contributed by atoms with Crippen LogP contribution in [0.25, 0.3) is 0 Å². The molecule has 0 spiro atoms. The van der Waals surface area contributed by atoms with Crippen molar-refractivity contribution in [2.75, 3.05) is 27.3 Å². The Balaban J connectivity index is 2.42. The summed E-state index contributed by atoms with van der Waals surface area (Å²) in [6, 6.07) is 2.84. The number of nitrogens with zero attached hydrogens (tertiary/aromatic N) is 2. The molecule has 1 fully saturated rings. The molecule has 176 valence electrons. The predicted octanol–water partition coefficient (Wildman–Crippen LogP) is 5.35. The summed E-state index contributed by atoms with van der Waals surface area (Å²) in [6.07, 6.45) is -0.958. The van der Waals surface area contributed by atoms with Gasteiger partial charge in [0.25, 0.3) is 0 Å². The topological polar surface area (TPSA) is 54.3 Å². The van der Waals surface area contributed by atoms with Crippen LogP contribution in [-0.4, -0.2) is 55.9 Å². The van der Waals surface area contributed by atoms with E-state index < -0.39 is 17.7 Å². The Hall–Kier alpha value is -1.80. The lowest BCUT2D eigenvalue weighted by molar-refractivity contribution is -0.292. The van der Waals surface area contributed by atoms with Gasteiger partial charge in [-0.15, -0.1) is 0 Å². The molecule has 1 saturated carbocycles. The van der Waals surface area contributed by atoms with Gasteiger partial charge in [0.05, 0.1) is 25.2 Å². The van der Waals surface area contributed by atoms with Crippen LogP contribution in [0.3, 0.4) is 0 Å². The minimum Gasteiger partial charge on any atom is -0.496 e. The quantitative estimate of drug-likeness (QED) is 0.412. The highest BCUT2D eigenvalue weighted by Crippen LogP contribution is 2.52. The van der Waals surface area contributed by atoms with Crippen LogP contribution in [0, 0.1) is 12.8 Å². The molecule has 0 saturated heterocycles. The Bertz CT molecular complexity index is 746. The largest absolute Gasteiger partial charge is 0.496 e. The van der Waals surface area contributed by atoms with Gasteiger partial charge in [0, 0.05) is 37.7 Å². The Morgan fingerprint density at radius 2 is 1.84 bits per heavy atom. The fourth-order valence-corrected chi connectivity index (χ4v) is 4.06. The van der Waals surface area contributed by atoms with E-state index in [9.17, 15) is 18.3 Å². The minimum atomic E-state index is -4.85. The monoisotopic (exact) mass is 444 g/mol.